The summed E-state index contributed by atoms with van der Waals surface area (Å²) in [5.41, 5.74) is 7.15. The minimum Gasteiger partial charge on any atom is -0.489 e. The molecule has 3 heteroatoms. The van der Waals surface area contributed by atoms with Crippen molar-refractivity contribution in [1.29, 1.82) is 0 Å². The highest BCUT2D eigenvalue weighted by Gasteiger charge is 2.15. The van der Waals surface area contributed by atoms with Crippen molar-refractivity contribution in [2.75, 3.05) is 6.54 Å². The van der Waals surface area contributed by atoms with Crippen LogP contribution in [0.1, 0.15) is 39.7 Å². The summed E-state index contributed by atoms with van der Waals surface area (Å²) >= 11 is 6.21. The van der Waals surface area contributed by atoms with Crippen molar-refractivity contribution in [3.8, 4) is 5.75 Å². The Morgan fingerprint density at radius 3 is 2.50 bits per heavy atom. The number of nitrogens with two attached hydrogens (primary N) is 1. The van der Waals surface area contributed by atoms with Gasteiger partial charge in [-0.15, -0.1) is 0 Å². The van der Waals surface area contributed by atoms with Crippen molar-refractivity contribution in [1.82, 2.24) is 0 Å². The molecule has 0 atom stereocenters. The fourth-order valence-electron chi connectivity index (χ4n) is 1.63. The van der Waals surface area contributed by atoms with E-state index in [2.05, 4.69) is 19.9 Å². The molecule has 0 aliphatic carbocycles. The van der Waals surface area contributed by atoms with Crippen LogP contribution >= 0.6 is 11.6 Å². The van der Waals surface area contributed by atoms with Gasteiger partial charge < -0.3 is 10.5 Å². The molecule has 18 heavy (non-hydrogen) atoms. The van der Waals surface area contributed by atoms with Crippen LogP contribution < -0.4 is 10.5 Å². The third-order valence-electron chi connectivity index (χ3n) is 3.00. The zero-order chi connectivity index (χ0) is 13.8. The SMILES string of the molecule is CC(C)Oc1ccc(CCC(C)(C)CN)cc1Cl. The van der Waals surface area contributed by atoms with Crippen LogP contribution in [-0.4, -0.2) is 12.6 Å². The third kappa shape index (κ3) is 4.87. The Bertz CT molecular complexity index is 388. The van der Waals surface area contributed by atoms with Gasteiger partial charge in [-0.1, -0.05) is 31.5 Å². The summed E-state index contributed by atoms with van der Waals surface area (Å²) in [5.74, 6) is 0.758. The van der Waals surface area contributed by atoms with Gasteiger partial charge in [0.05, 0.1) is 11.1 Å². The summed E-state index contributed by atoms with van der Waals surface area (Å²) in [6.45, 7) is 9.06. The first-order valence-corrected chi connectivity index (χ1v) is 6.87. The lowest BCUT2D eigenvalue weighted by Crippen LogP contribution is -2.24. The average molecular weight is 270 g/mol. The topological polar surface area (TPSA) is 35.2 Å². The summed E-state index contributed by atoms with van der Waals surface area (Å²) in [6, 6.07) is 6.02. The van der Waals surface area contributed by atoms with E-state index in [9.17, 15) is 0 Å². The molecule has 2 N–H and O–H groups in total. The van der Waals surface area contributed by atoms with E-state index in [4.69, 9.17) is 22.1 Å². The Labute approximate surface area is 115 Å². The quantitative estimate of drug-likeness (QED) is 0.846. The summed E-state index contributed by atoms with van der Waals surface area (Å²) in [5, 5.41) is 0.687. The number of aryl methyl sites for hydroxylation is 1. The van der Waals surface area contributed by atoms with Gasteiger partial charge in [0.1, 0.15) is 5.75 Å². The average Bonchev–Trinajstić information content (AvgIpc) is 2.29. The molecule has 0 heterocycles. The van der Waals surface area contributed by atoms with Gasteiger partial charge in [-0.2, -0.15) is 0 Å². The lowest BCUT2D eigenvalue weighted by Gasteiger charge is -2.22. The maximum absolute atomic E-state index is 6.21. The summed E-state index contributed by atoms with van der Waals surface area (Å²) in [4.78, 5) is 0. The summed E-state index contributed by atoms with van der Waals surface area (Å²) < 4.78 is 5.61. The van der Waals surface area contributed by atoms with Gasteiger partial charge in [0, 0.05) is 0 Å². The smallest absolute Gasteiger partial charge is 0.138 e. The van der Waals surface area contributed by atoms with E-state index in [1.54, 1.807) is 0 Å². The van der Waals surface area contributed by atoms with E-state index in [-0.39, 0.29) is 11.5 Å². The predicted octanol–water partition coefficient (Wildman–Crippen LogP) is 4.04. The molecular weight excluding hydrogens is 246 g/mol. The lowest BCUT2D eigenvalue weighted by atomic mass is 9.86. The summed E-state index contributed by atoms with van der Waals surface area (Å²) in [7, 11) is 0. The lowest BCUT2D eigenvalue weighted by molar-refractivity contribution is 0.242. The van der Waals surface area contributed by atoms with Gasteiger partial charge in [0.15, 0.2) is 0 Å². The predicted molar refractivity (Wildman–Crippen MR) is 78.4 cm³/mol. The van der Waals surface area contributed by atoms with Crippen LogP contribution in [0.2, 0.25) is 5.02 Å². The normalized spacial score (nSPS) is 11.9. The van der Waals surface area contributed by atoms with E-state index in [1.807, 2.05) is 26.0 Å². The Kier molecular flexibility index (Phi) is 5.48. The Hall–Kier alpha value is -0.730. The largest absolute Gasteiger partial charge is 0.489 e. The Morgan fingerprint density at radius 1 is 1.33 bits per heavy atom. The van der Waals surface area contributed by atoms with Crippen LogP contribution in [0.4, 0.5) is 0 Å². The molecule has 0 saturated heterocycles. The van der Waals surface area contributed by atoms with Crippen molar-refractivity contribution < 1.29 is 4.74 Å². The van der Waals surface area contributed by atoms with Crippen LogP contribution in [0.5, 0.6) is 5.75 Å². The number of halogens is 1. The second kappa shape index (κ2) is 6.44. The molecule has 0 aliphatic rings. The first-order valence-electron chi connectivity index (χ1n) is 6.49. The molecule has 1 aromatic carbocycles. The van der Waals surface area contributed by atoms with Gasteiger partial charge in [0.2, 0.25) is 0 Å². The van der Waals surface area contributed by atoms with Gasteiger partial charge in [-0.3, -0.25) is 0 Å². The summed E-state index contributed by atoms with van der Waals surface area (Å²) in [6.07, 6.45) is 2.19. The first-order chi connectivity index (χ1) is 8.34. The molecule has 0 radical (unpaired) electrons. The molecule has 0 saturated carbocycles. The molecule has 1 aromatic rings. The minimum atomic E-state index is 0.143. The maximum Gasteiger partial charge on any atom is 0.138 e. The third-order valence-corrected chi connectivity index (χ3v) is 3.30. The molecule has 0 spiro atoms. The zero-order valence-corrected chi connectivity index (χ0v) is 12.6. The van der Waals surface area contributed by atoms with E-state index in [0.29, 0.717) is 11.6 Å². The number of ether oxygens (including phenoxy) is 1. The number of hydrogen-bond donors (Lipinski definition) is 1. The fourth-order valence-corrected chi connectivity index (χ4v) is 1.88. The van der Waals surface area contributed by atoms with E-state index < -0.39 is 0 Å². The zero-order valence-electron chi connectivity index (χ0n) is 11.8. The number of benzene rings is 1. The van der Waals surface area contributed by atoms with Crippen molar-refractivity contribution in [2.24, 2.45) is 11.1 Å². The highest BCUT2D eigenvalue weighted by Crippen LogP contribution is 2.28. The van der Waals surface area contributed by atoms with Gasteiger partial charge >= 0.3 is 0 Å². The fraction of sp³-hybridized carbons (Fsp3) is 0.600. The van der Waals surface area contributed by atoms with Crippen LogP contribution in [0, 0.1) is 5.41 Å². The number of rotatable bonds is 6. The molecule has 2 nitrogen and oxygen atoms in total. The van der Waals surface area contributed by atoms with Gasteiger partial charge in [-0.05, 0) is 56.3 Å². The van der Waals surface area contributed by atoms with Gasteiger partial charge in [-0.25, -0.2) is 0 Å². The maximum atomic E-state index is 6.21. The molecule has 0 aliphatic heterocycles. The van der Waals surface area contributed by atoms with Crippen molar-refractivity contribution >= 4 is 11.6 Å². The van der Waals surface area contributed by atoms with Crippen LogP contribution in [0.15, 0.2) is 18.2 Å². The molecule has 1 rings (SSSR count). The second-order valence-electron chi connectivity index (χ2n) is 5.80. The Morgan fingerprint density at radius 2 is 2.00 bits per heavy atom. The standard InChI is InChI=1S/C15H24ClNO/c1-11(2)18-14-6-5-12(9-13(14)16)7-8-15(3,4)10-17/h5-6,9,11H,7-8,10,17H2,1-4H3. The molecule has 0 fully saturated rings. The van der Waals surface area contributed by atoms with E-state index in [0.717, 1.165) is 18.6 Å². The highest BCUT2D eigenvalue weighted by molar-refractivity contribution is 6.32. The van der Waals surface area contributed by atoms with E-state index in [1.165, 1.54) is 5.56 Å². The first kappa shape index (κ1) is 15.3. The minimum absolute atomic E-state index is 0.143. The molecule has 102 valence electrons. The highest BCUT2D eigenvalue weighted by atomic mass is 35.5. The van der Waals surface area contributed by atoms with Crippen molar-refractivity contribution in [3.63, 3.8) is 0 Å². The number of hydrogen-bond acceptors (Lipinski definition) is 2. The molecular formula is C15H24ClNO. The molecule has 0 bridgehead atoms. The van der Waals surface area contributed by atoms with Crippen LogP contribution in [0.25, 0.3) is 0 Å². The van der Waals surface area contributed by atoms with E-state index >= 15 is 0 Å². The monoisotopic (exact) mass is 269 g/mol. The van der Waals surface area contributed by atoms with Crippen molar-refractivity contribution in [3.05, 3.63) is 28.8 Å². The van der Waals surface area contributed by atoms with Crippen molar-refractivity contribution in [2.45, 2.75) is 46.6 Å². The molecule has 0 amide bonds. The molecule has 0 aromatic heterocycles. The second-order valence-corrected chi connectivity index (χ2v) is 6.21. The molecule has 0 unspecified atom stereocenters. The van der Waals surface area contributed by atoms with Gasteiger partial charge in [0.25, 0.3) is 0 Å². The van der Waals surface area contributed by atoms with Crippen LogP contribution in [0.3, 0.4) is 0 Å². The van der Waals surface area contributed by atoms with Crippen LogP contribution in [-0.2, 0) is 6.42 Å². The Balaban J connectivity index is 2.67.